The molecule has 0 fully saturated rings. The van der Waals surface area contributed by atoms with Crippen LogP contribution in [0.2, 0.25) is 0 Å². The third-order valence-electron chi connectivity index (χ3n) is 1.23. The van der Waals surface area contributed by atoms with Crippen molar-refractivity contribution < 1.29 is 36.5 Å². The van der Waals surface area contributed by atoms with Gasteiger partial charge in [-0.05, 0) is 0 Å². The Bertz CT molecular complexity index is 404. The predicted molar refractivity (Wildman–Crippen MR) is 49.2 cm³/mol. The monoisotopic (exact) mass is 286 g/mol. The molecule has 17 heavy (non-hydrogen) atoms. The van der Waals surface area contributed by atoms with E-state index >= 15 is 0 Å². The fraction of sp³-hybridized carbons (Fsp3) is 0.333. The molecule has 0 bridgehead atoms. The average molecular weight is 286 g/mol. The number of aliphatic carboxylic acids is 1. The maximum Gasteiger partial charge on any atom is 1.00 e. The van der Waals surface area contributed by atoms with Gasteiger partial charge >= 0.3 is 40.4 Å². The van der Waals surface area contributed by atoms with Gasteiger partial charge in [-0.2, -0.15) is 0 Å². The zero-order chi connectivity index (χ0) is 14.0. The first-order valence-corrected chi connectivity index (χ1v) is 5.92. The first-order valence-electron chi connectivity index (χ1n) is 3.89. The Morgan fingerprint density at radius 1 is 1.41 bits per heavy atom. The van der Waals surface area contributed by atoms with Gasteiger partial charge in [0.15, 0.2) is 0 Å². The number of aromatic nitrogens is 2. The summed E-state index contributed by atoms with van der Waals surface area (Å²) in [6.07, 6.45) is 3.29. The summed E-state index contributed by atoms with van der Waals surface area (Å²) in [7, 11) is -8.89. The number of aryl methyl sites for hydroxylation is 1. The zero-order valence-corrected chi connectivity index (χ0v) is 9.22. The summed E-state index contributed by atoms with van der Waals surface area (Å²) < 4.78 is 60.9. The third-order valence-corrected chi connectivity index (χ3v) is 1.23. The first-order chi connectivity index (χ1) is 7.15. The largest absolute Gasteiger partial charge is 1.00 e. The molecule has 0 aromatic carbocycles. The van der Waals surface area contributed by atoms with Crippen LogP contribution in [-0.2, 0) is 18.3 Å². The van der Waals surface area contributed by atoms with E-state index in [2.05, 4.69) is 4.98 Å². The van der Waals surface area contributed by atoms with Crippen molar-refractivity contribution in [2.24, 2.45) is 7.05 Å². The summed E-state index contributed by atoms with van der Waals surface area (Å²) in [5.41, 5.74) is 0. The molecule has 0 atom stereocenters. The van der Waals surface area contributed by atoms with E-state index in [1.165, 1.54) is 0 Å². The summed E-state index contributed by atoms with van der Waals surface area (Å²) in [6, 6.07) is 0. The molecule has 0 unspecified atom stereocenters. The molecule has 1 N–H and O–H groups in total. The van der Waals surface area contributed by atoms with Crippen LogP contribution in [0.3, 0.4) is 0 Å². The smallest absolute Gasteiger partial charge is 1.00 e. The number of carboxylic acid groups (broad SMARTS) is 1. The van der Waals surface area contributed by atoms with E-state index < -0.39 is 13.8 Å². The molecular formula is C6H9F6N2O2P. The fourth-order valence-corrected chi connectivity index (χ4v) is 0.702. The number of nitrogens with zero attached hydrogens (tertiary/aromatic N) is 2. The molecule has 1 rings (SSSR count). The van der Waals surface area contributed by atoms with E-state index in [1.807, 2.05) is 0 Å². The van der Waals surface area contributed by atoms with Crippen molar-refractivity contribution in [1.82, 2.24) is 9.55 Å². The van der Waals surface area contributed by atoms with Crippen LogP contribution in [0.4, 0.5) is 25.2 Å². The van der Waals surface area contributed by atoms with Gasteiger partial charge in [-0.25, -0.2) is 4.98 Å². The van der Waals surface area contributed by atoms with Gasteiger partial charge in [0.1, 0.15) is 12.2 Å². The Morgan fingerprint density at radius 3 is 2.06 bits per heavy atom. The molecule has 1 heterocycles. The van der Waals surface area contributed by atoms with E-state index in [9.17, 15) is 30.0 Å². The quantitative estimate of drug-likeness (QED) is 0.668. The minimum atomic E-state index is -10.7. The summed E-state index contributed by atoms with van der Waals surface area (Å²) in [5, 5.41) is 8.36. The molecule has 0 spiro atoms. The predicted octanol–water partition coefficient (Wildman–Crippen LogP) is 3.54. The number of carboxylic acids is 1. The van der Waals surface area contributed by atoms with Crippen molar-refractivity contribution in [1.29, 1.82) is 0 Å². The Hall–Kier alpha value is -1.31. The molecule has 0 aliphatic rings. The summed E-state index contributed by atoms with van der Waals surface area (Å²) >= 11 is 0. The SMILES string of the molecule is Cn1ccnc1CC(=O)O.F[P-](F)(F)(F)(F)F.[H+]. The van der Waals surface area contributed by atoms with Crippen LogP contribution in [-0.4, -0.2) is 20.6 Å². The summed E-state index contributed by atoms with van der Waals surface area (Å²) in [5.74, 6) is -0.276. The molecule has 11 heteroatoms. The Balaban J connectivity index is 0. The van der Waals surface area contributed by atoms with E-state index in [-0.39, 0.29) is 7.85 Å². The van der Waals surface area contributed by atoms with Crippen molar-refractivity contribution in [2.45, 2.75) is 6.42 Å². The number of hydrogen-bond acceptors (Lipinski definition) is 2. The Labute approximate surface area is 92.6 Å². The molecule has 0 saturated carbocycles. The van der Waals surface area contributed by atoms with Gasteiger partial charge in [-0.15, -0.1) is 0 Å². The molecule has 4 nitrogen and oxygen atoms in total. The van der Waals surface area contributed by atoms with E-state index in [0.717, 1.165) is 0 Å². The first kappa shape index (κ1) is 15.7. The van der Waals surface area contributed by atoms with Gasteiger partial charge in [-0.1, -0.05) is 0 Å². The average Bonchev–Trinajstić information content (AvgIpc) is 2.28. The van der Waals surface area contributed by atoms with Gasteiger partial charge < -0.3 is 9.67 Å². The van der Waals surface area contributed by atoms with Crippen molar-refractivity contribution in [3.63, 3.8) is 0 Å². The fourth-order valence-electron chi connectivity index (χ4n) is 0.702. The minimum absolute atomic E-state index is 0. The number of carbonyl (C=O) groups is 1. The van der Waals surface area contributed by atoms with Crippen LogP contribution in [0.15, 0.2) is 12.4 Å². The normalized spacial score (nSPS) is 15.2. The summed E-state index contributed by atoms with van der Waals surface area (Å²) in [4.78, 5) is 14.0. The second-order valence-corrected chi connectivity index (χ2v) is 4.90. The van der Waals surface area contributed by atoms with Crippen molar-refractivity contribution in [3.05, 3.63) is 18.2 Å². The van der Waals surface area contributed by atoms with Gasteiger partial charge in [0.2, 0.25) is 0 Å². The van der Waals surface area contributed by atoms with Crippen molar-refractivity contribution in [2.75, 3.05) is 0 Å². The molecule has 0 aliphatic carbocycles. The van der Waals surface area contributed by atoms with Gasteiger partial charge in [0.05, 0.1) is 0 Å². The number of halogens is 6. The van der Waals surface area contributed by atoms with Crippen LogP contribution in [0.5, 0.6) is 0 Å². The van der Waals surface area contributed by atoms with Gasteiger partial charge in [0.25, 0.3) is 0 Å². The Morgan fingerprint density at radius 2 is 1.82 bits per heavy atom. The molecule has 0 aliphatic heterocycles. The zero-order valence-electron chi connectivity index (χ0n) is 9.33. The maximum absolute atomic E-state index is 10.7. The third kappa shape index (κ3) is 14.7. The van der Waals surface area contributed by atoms with Crippen LogP contribution >= 0.6 is 7.81 Å². The van der Waals surface area contributed by atoms with E-state index in [1.54, 1.807) is 24.0 Å². The van der Waals surface area contributed by atoms with Crippen molar-refractivity contribution >= 4 is 13.8 Å². The minimum Gasteiger partial charge on any atom is 1.00 e. The summed E-state index contributed by atoms with van der Waals surface area (Å²) in [6.45, 7) is 0. The van der Waals surface area contributed by atoms with Crippen LogP contribution in [0.1, 0.15) is 7.25 Å². The number of hydrogen-bond donors (Lipinski definition) is 1. The molecular weight excluding hydrogens is 277 g/mol. The molecule has 0 saturated heterocycles. The van der Waals surface area contributed by atoms with Crippen LogP contribution in [0.25, 0.3) is 0 Å². The van der Waals surface area contributed by atoms with Crippen molar-refractivity contribution in [3.8, 4) is 0 Å². The maximum atomic E-state index is 10.2. The standard InChI is InChI=1S/C6H8N2O2.F6P/c1-8-3-2-7-5(8)4-6(9)10;1-7(2,3,4,5)6/h2-3H,4H2,1H3,(H,9,10);/q;-1/p+1. The topological polar surface area (TPSA) is 55.1 Å². The Kier molecular flexibility index (Phi) is 3.57. The van der Waals surface area contributed by atoms with Crippen LogP contribution in [0, 0.1) is 0 Å². The van der Waals surface area contributed by atoms with E-state index in [0.29, 0.717) is 5.82 Å². The van der Waals surface area contributed by atoms with Gasteiger partial charge in [-0.3, -0.25) is 4.79 Å². The number of rotatable bonds is 2. The van der Waals surface area contributed by atoms with E-state index in [4.69, 9.17) is 5.11 Å². The molecule has 1 aromatic heterocycles. The van der Waals surface area contributed by atoms with Crippen LogP contribution < -0.4 is 0 Å². The molecule has 1 aromatic rings. The molecule has 0 radical (unpaired) electrons. The second-order valence-electron chi connectivity index (χ2n) is 2.98. The molecule has 0 amide bonds. The van der Waals surface area contributed by atoms with Gasteiger partial charge in [0, 0.05) is 19.4 Å². The molecule has 102 valence electrons. The number of imidazole rings is 1. The second kappa shape index (κ2) is 3.86.